The van der Waals surface area contributed by atoms with Gasteiger partial charge in [-0.2, -0.15) is 0 Å². The summed E-state index contributed by atoms with van der Waals surface area (Å²) in [6, 6.07) is 4.91. The van der Waals surface area contributed by atoms with E-state index in [2.05, 4.69) is 4.74 Å². The van der Waals surface area contributed by atoms with Gasteiger partial charge in [-0.15, -0.1) is 0 Å². The molecule has 0 unspecified atom stereocenters. The molecule has 1 aliphatic heterocycles. The van der Waals surface area contributed by atoms with Crippen molar-refractivity contribution in [3.63, 3.8) is 0 Å². The zero-order valence-electron chi connectivity index (χ0n) is 9.40. The molecule has 2 rings (SSSR count). The highest BCUT2D eigenvalue weighted by Crippen LogP contribution is 2.27. The Morgan fingerprint density at radius 1 is 1.47 bits per heavy atom. The van der Waals surface area contributed by atoms with Crippen LogP contribution in [0.3, 0.4) is 0 Å². The lowest BCUT2D eigenvalue weighted by molar-refractivity contribution is -0.117. The zero-order valence-corrected chi connectivity index (χ0v) is 10.2. The van der Waals surface area contributed by atoms with Crippen LogP contribution in [0.2, 0.25) is 5.02 Å². The normalized spacial score (nSPS) is 15.2. The second kappa shape index (κ2) is 4.75. The third-order valence-electron chi connectivity index (χ3n) is 2.74. The van der Waals surface area contributed by atoms with E-state index in [1.165, 1.54) is 7.11 Å². The van der Waals surface area contributed by atoms with E-state index in [4.69, 9.17) is 11.6 Å². The first-order chi connectivity index (χ1) is 8.13. The topological polar surface area (TPSA) is 46.6 Å². The number of benzene rings is 1. The van der Waals surface area contributed by atoms with Gasteiger partial charge in [-0.3, -0.25) is 4.79 Å². The van der Waals surface area contributed by atoms with Crippen molar-refractivity contribution in [2.75, 3.05) is 18.6 Å². The first kappa shape index (κ1) is 11.9. The maximum atomic E-state index is 11.6. The third-order valence-corrected chi connectivity index (χ3v) is 3.06. The van der Waals surface area contributed by atoms with Gasteiger partial charge in [0.1, 0.15) is 0 Å². The van der Waals surface area contributed by atoms with Crippen LogP contribution >= 0.6 is 11.6 Å². The average molecular weight is 254 g/mol. The minimum absolute atomic E-state index is 0.0897. The molecule has 0 atom stereocenters. The molecule has 1 aromatic rings. The lowest BCUT2D eigenvalue weighted by Gasteiger charge is -2.16. The average Bonchev–Trinajstić information content (AvgIpc) is 2.74. The van der Waals surface area contributed by atoms with E-state index in [9.17, 15) is 9.59 Å². The highest BCUT2D eigenvalue weighted by atomic mass is 35.5. The van der Waals surface area contributed by atoms with Gasteiger partial charge in [0.15, 0.2) is 0 Å². The lowest BCUT2D eigenvalue weighted by atomic mass is 10.2. The van der Waals surface area contributed by atoms with Crippen LogP contribution in [0.25, 0.3) is 0 Å². The number of hydrogen-bond donors (Lipinski definition) is 0. The molecular formula is C12H12ClNO3. The van der Waals surface area contributed by atoms with Gasteiger partial charge in [0, 0.05) is 18.7 Å². The van der Waals surface area contributed by atoms with Crippen LogP contribution in [-0.2, 0) is 9.53 Å². The van der Waals surface area contributed by atoms with Gasteiger partial charge in [0.2, 0.25) is 5.91 Å². The second-order valence-corrected chi connectivity index (χ2v) is 4.21. The summed E-state index contributed by atoms with van der Waals surface area (Å²) in [4.78, 5) is 24.6. The molecular weight excluding hydrogens is 242 g/mol. The Bertz CT molecular complexity index is 473. The third kappa shape index (κ3) is 2.26. The number of amides is 1. The Kier molecular flexibility index (Phi) is 3.33. The number of carbonyl (C=O) groups is 2. The van der Waals surface area contributed by atoms with E-state index in [1.54, 1.807) is 23.1 Å². The fraction of sp³-hybridized carbons (Fsp3) is 0.333. The summed E-state index contributed by atoms with van der Waals surface area (Å²) >= 11 is 5.99. The zero-order chi connectivity index (χ0) is 12.4. The standard InChI is InChI=1S/C12H12ClNO3/c1-17-12(16)9-5-4-8(7-10(9)13)14-6-2-3-11(14)15/h4-5,7H,2-3,6H2,1H3. The van der Waals surface area contributed by atoms with Crippen molar-refractivity contribution < 1.29 is 14.3 Å². The van der Waals surface area contributed by atoms with Gasteiger partial charge in [-0.1, -0.05) is 11.6 Å². The van der Waals surface area contributed by atoms with Crippen molar-refractivity contribution in [2.24, 2.45) is 0 Å². The van der Waals surface area contributed by atoms with Crippen LogP contribution in [0, 0.1) is 0 Å². The van der Waals surface area contributed by atoms with Crippen LogP contribution in [-0.4, -0.2) is 25.5 Å². The van der Waals surface area contributed by atoms with Crippen molar-refractivity contribution >= 4 is 29.2 Å². The number of esters is 1. The maximum Gasteiger partial charge on any atom is 0.339 e. The quantitative estimate of drug-likeness (QED) is 0.760. The summed E-state index contributed by atoms with van der Waals surface area (Å²) < 4.78 is 4.60. The first-order valence-electron chi connectivity index (χ1n) is 5.31. The molecule has 0 spiro atoms. The van der Waals surface area contributed by atoms with E-state index >= 15 is 0 Å². The van der Waals surface area contributed by atoms with Crippen molar-refractivity contribution in [1.29, 1.82) is 0 Å². The fourth-order valence-electron chi connectivity index (χ4n) is 1.87. The number of halogens is 1. The number of anilines is 1. The number of methoxy groups -OCH3 is 1. The molecule has 0 aromatic heterocycles. The largest absolute Gasteiger partial charge is 0.465 e. The number of carbonyl (C=O) groups excluding carboxylic acids is 2. The summed E-state index contributed by atoms with van der Waals surface area (Å²) in [5.74, 6) is -0.388. The molecule has 1 fully saturated rings. The summed E-state index contributed by atoms with van der Waals surface area (Å²) in [5.41, 5.74) is 1.04. The van der Waals surface area contributed by atoms with Gasteiger partial charge in [0.05, 0.1) is 17.7 Å². The molecule has 0 N–H and O–H groups in total. The van der Waals surface area contributed by atoms with E-state index < -0.39 is 5.97 Å². The van der Waals surface area contributed by atoms with E-state index in [1.807, 2.05) is 0 Å². The monoisotopic (exact) mass is 253 g/mol. The van der Waals surface area contributed by atoms with Crippen LogP contribution in [0.4, 0.5) is 5.69 Å². The van der Waals surface area contributed by atoms with Crippen LogP contribution in [0.1, 0.15) is 23.2 Å². The van der Waals surface area contributed by atoms with Crippen LogP contribution in [0.15, 0.2) is 18.2 Å². The number of hydrogen-bond acceptors (Lipinski definition) is 3. The van der Waals surface area contributed by atoms with Gasteiger partial charge >= 0.3 is 5.97 Å². The number of nitrogens with zero attached hydrogens (tertiary/aromatic N) is 1. The Morgan fingerprint density at radius 2 is 2.24 bits per heavy atom. The number of ether oxygens (including phenoxy) is 1. The maximum absolute atomic E-state index is 11.6. The lowest BCUT2D eigenvalue weighted by Crippen LogP contribution is -2.23. The summed E-state index contributed by atoms with van der Waals surface area (Å²) in [6.07, 6.45) is 1.42. The predicted octanol–water partition coefficient (Wildman–Crippen LogP) is 2.25. The smallest absolute Gasteiger partial charge is 0.339 e. The molecule has 0 bridgehead atoms. The highest BCUT2D eigenvalue weighted by molar-refractivity contribution is 6.34. The Morgan fingerprint density at radius 3 is 2.76 bits per heavy atom. The van der Waals surface area contributed by atoms with Crippen molar-refractivity contribution in [2.45, 2.75) is 12.8 Å². The molecule has 90 valence electrons. The molecule has 5 heteroatoms. The summed E-state index contributed by atoms with van der Waals surface area (Å²) in [5, 5.41) is 0.300. The van der Waals surface area contributed by atoms with Crippen LogP contribution < -0.4 is 4.90 Å². The van der Waals surface area contributed by atoms with Crippen molar-refractivity contribution in [3.8, 4) is 0 Å². The molecule has 1 saturated heterocycles. The van der Waals surface area contributed by atoms with E-state index in [-0.39, 0.29) is 5.91 Å². The van der Waals surface area contributed by atoms with Crippen molar-refractivity contribution in [1.82, 2.24) is 0 Å². The van der Waals surface area contributed by atoms with Crippen LogP contribution in [0.5, 0.6) is 0 Å². The number of rotatable bonds is 2. The molecule has 1 aliphatic rings. The van der Waals surface area contributed by atoms with Crippen molar-refractivity contribution in [3.05, 3.63) is 28.8 Å². The Labute approximate surface area is 104 Å². The minimum atomic E-state index is -0.478. The van der Waals surface area contributed by atoms with Gasteiger partial charge in [-0.25, -0.2) is 4.79 Å². The predicted molar refractivity (Wildman–Crippen MR) is 64.4 cm³/mol. The minimum Gasteiger partial charge on any atom is -0.465 e. The molecule has 0 radical (unpaired) electrons. The van der Waals surface area contributed by atoms with E-state index in [0.717, 1.165) is 12.1 Å². The van der Waals surface area contributed by atoms with Gasteiger partial charge < -0.3 is 9.64 Å². The second-order valence-electron chi connectivity index (χ2n) is 3.80. The molecule has 17 heavy (non-hydrogen) atoms. The molecule has 0 saturated carbocycles. The van der Waals surface area contributed by atoms with Gasteiger partial charge in [-0.05, 0) is 24.6 Å². The Hall–Kier alpha value is -1.55. The SMILES string of the molecule is COC(=O)c1ccc(N2CCCC2=O)cc1Cl. The summed E-state index contributed by atoms with van der Waals surface area (Å²) in [7, 11) is 1.30. The molecule has 4 nitrogen and oxygen atoms in total. The van der Waals surface area contributed by atoms with Gasteiger partial charge in [0.25, 0.3) is 0 Å². The van der Waals surface area contributed by atoms with E-state index in [0.29, 0.717) is 23.6 Å². The Balaban J connectivity index is 2.30. The summed E-state index contributed by atoms with van der Waals surface area (Å²) in [6.45, 7) is 0.701. The highest BCUT2D eigenvalue weighted by Gasteiger charge is 2.22. The molecule has 1 heterocycles. The molecule has 1 amide bonds. The molecule has 0 aliphatic carbocycles. The molecule has 1 aromatic carbocycles. The first-order valence-corrected chi connectivity index (χ1v) is 5.69. The fourth-order valence-corrected chi connectivity index (χ4v) is 2.12.